The first kappa shape index (κ1) is 12.4. The number of rotatable bonds is 3. The van der Waals surface area contributed by atoms with Crippen LogP contribution in [-0.2, 0) is 0 Å². The van der Waals surface area contributed by atoms with Gasteiger partial charge in [0.1, 0.15) is 5.82 Å². The smallest absolute Gasteiger partial charge is 0.256 e. The molecule has 1 rings (SSSR count). The minimum absolute atomic E-state index is 0.152. The fraction of sp³-hybridized carbons (Fsp3) is 0.364. The molecule has 0 fully saturated rings. The van der Waals surface area contributed by atoms with E-state index in [1.165, 1.54) is 12.1 Å². The molecule has 0 aliphatic rings. The Balaban J connectivity index is 3.00. The van der Waals surface area contributed by atoms with Crippen LogP contribution in [0.15, 0.2) is 18.2 Å². The molecule has 1 aromatic rings. The van der Waals surface area contributed by atoms with Crippen molar-refractivity contribution in [2.24, 2.45) is 0 Å². The van der Waals surface area contributed by atoms with Crippen LogP contribution in [0.5, 0.6) is 0 Å². The average molecular weight is 321 g/mol. The van der Waals surface area contributed by atoms with Crippen LogP contribution < -0.4 is 0 Å². The van der Waals surface area contributed by atoms with E-state index in [2.05, 4.69) is 0 Å². The summed E-state index contributed by atoms with van der Waals surface area (Å²) in [6, 6.07) is 4.65. The molecule has 82 valence electrons. The van der Waals surface area contributed by atoms with Gasteiger partial charge in [-0.1, -0.05) is 0 Å². The molecule has 0 saturated carbocycles. The van der Waals surface area contributed by atoms with Crippen LogP contribution in [0.4, 0.5) is 4.39 Å². The molecule has 0 unspecified atom stereocenters. The second-order valence-corrected chi connectivity index (χ2v) is 4.35. The maximum absolute atomic E-state index is 13.5. The van der Waals surface area contributed by atoms with Crippen molar-refractivity contribution in [1.82, 2.24) is 4.90 Å². The summed E-state index contributed by atoms with van der Waals surface area (Å²) < 4.78 is 14.3. The molecule has 0 aliphatic heterocycles. The number of halogens is 2. The van der Waals surface area contributed by atoms with Crippen LogP contribution in [-0.4, -0.2) is 23.9 Å². The molecule has 0 radical (unpaired) electrons. The largest absolute Gasteiger partial charge is 0.339 e. The molecule has 1 amide bonds. The summed E-state index contributed by atoms with van der Waals surface area (Å²) in [7, 11) is 0. The number of nitrogens with zero attached hydrogens (tertiary/aromatic N) is 1. The van der Waals surface area contributed by atoms with E-state index in [9.17, 15) is 9.18 Å². The summed E-state index contributed by atoms with van der Waals surface area (Å²) in [5, 5.41) is 0. The Bertz CT molecular complexity index is 364. The van der Waals surface area contributed by atoms with Crippen molar-refractivity contribution in [3.05, 3.63) is 33.1 Å². The van der Waals surface area contributed by atoms with Gasteiger partial charge in [0.25, 0.3) is 5.91 Å². The van der Waals surface area contributed by atoms with Crippen LogP contribution in [0.1, 0.15) is 24.2 Å². The number of benzene rings is 1. The highest BCUT2D eigenvalue weighted by Gasteiger charge is 2.16. The Morgan fingerprint density at radius 3 is 2.47 bits per heavy atom. The maximum Gasteiger partial charge on any atom is 0.256 e. The summed E-state index contributed by atoms with van der Waals surface area (Å²) in [6.07, 6.45) is 0. The van der Waals surface area contributed by atoms with Gasteiger partial charge in [-0.2, -0.15) is 0 Å². The fourth-order valence-electron chi connectivity index (χ4n) is 1.34. The lowest BCUT2D eigenvalue weighted by atomic mass is 10.2. The fourth-order valence-corrected chi connectivity index (χ4v) is 1.80. The molecule has 0 aliphatic carbocycles. The van der Waals surface area contributed by atoms with Crippen molar-refractivity contribution in [3.8, 4) is 0 Å². The van der Waals surface area contributed by atoms with E-state index in [0.717, 1.165) is 3.57 Å². The first-order valence-corrected chi connectivity index (χ1v) is 5.92. The molecule has 0 N–H and O–H groups in total. The Labute approximate surface area is 103 Å². The van der Waals surface area contributed by atoms with E-state index < -0.39 is 5.82 Å². The molecule has 0 spiro atoms. The summed E-state index contributed by atoms with van der Waals surface area (Å²) >= 11 is 2.02. The lowest BCUT2D eigenvalue weighted by Gasteiger charge is -2.18. The highest BCUT2D eigenvalue weighted by atomic mass is 127. The minimum Gasteiger partial charge on any atom is -0.339 e. The highest BCUT2D eigenvalue weighted by molar-refractivity contribution is 14.1. The lowest BCUT2D eigenvalue weighted by Crippen LogP contribution is -2.31. The minimum atomic E-state index is -0.446. The maximum atomic E-state index is 13.5. The topological polar surface area (TPSA) is 20.3 Å². The standard InChI is InChI=1S/C11H13FINO/c1-3-14(4-2)11(15)9-6-5-8(13)7-10(9)12/h5-7H,3-4H2,1-2H3. The summed E-state index contributed by atoms with van der Waals surface area (Å²) in [4.78, 5) is 13.4. The van der Waals surface area contributed by atoms with Crippen molar-refractivity contribution in [3.63, 3.8) is 0 Å². The van der Waals surface area contributed by atoms with Crippen molar-refractivity contribution >= 4 is 28.5 Å². The number of amides is 1. The molecule has 1 aromatic carbocycles. The van der Waals surface area contributed by atoms with E-state index in [4.69, 9.17) is 0 Å². The highest BCUT2D eigenvalue weighted by Crippen LogP contribution is 2.14. The van der Waals surface area contributed by atoms with Gasteiger partial charge in [0.05, 0.1) is 5.56 Å². The molecule has 0 heterocycles. The molecule has 2 nitrogen and oxygen atoms in total. The Hall–Kier alpha value is -0.650. The van der Waals surface area contributed by atoms with E-state index >= 15 is 0 Å². The zero-order chi connectivity index (χ0) is 11.4. The molecular formula is C11H13FINO. The zero-order valence-electron chi connectivity index (χ0n) is 8.76. The van der Waals surface area contributed by atoms with Gasteiger partial charge in [-0.3, -0.25) is 4.79 Å². The van der Waals surface area contributed by atoms with Crippen LogP contribution in [0.3, 0.4) is 0 Å². The SMILES string of the molecule is CCN(CC)C(=O)c1ccc(I)cc1F. The van der Waals surface area contributed by atoms with Gasteiger partial charge >= 0.3 is 0 Å². The summed E-state index contributed by atoms with van der Waals surface area (Å²) in [5.74, 6) is -0.687. The first-order valence-electron chi connectivity index (χ1n) is 4.84. The quantitative estimate of drug-likeness (QED) is 0.784. The normalized spacial score (nSPS) is 10.1. The van der Waals surface area contributed by atoms with Crippen LogP contribution in [0.25, 0.3) is 0 Å². The van der Waals surface area contributed by atoms with E-state index in [0.29, 0.717) is 13.1 Å². The van der Waals surface area contributed by atoms with Crippen molar-refractivity contribution in [2.75, 3.05) is 13.1 Å². The van der Waals surface area contributed by atoms with E-state index in [1.807, 2.05) is 36.4 Å². The van der Waals surface area contributed by atoms with Gasteiger partial charge in [-0.25, -0.2) is 4.39 Å². The van der Waals surface area contributed by atoms with E-state index in [-0.39, 0.29) is 11.5 Å². The van der Waals surface area contributed by atoms with Crippen molar-refractivity contribution in [2.45, 2.75) is 13.8 Å². The lowest BCUT2D eigenvalue weighted by molar-refractivity contribution is 0.0768. The molecule has 0 saturated heterocycles. The molecule has 15 heavy (non-hydrogen) atoms. The van der Waals surface area contributed by atoms with Crippen molar-refractivity contribution in [1.29, 1.82) is 0 Å². The van der Waals surface area contributed by atoms with Crippen molar-refractivity contribution < 1.29 is 9.18 Å². The average Bonchev–Trinajstić information content (AvgIpc) is 2.19. The summed E-state index contributed by atoms with van der Waals surface area (Å²) in [5.41, 5.74) is 0.152. The number of carbonyl (C=O) groups is 1. The zero-order valence-corrected chi connectivity index (χ0v) is 10.9. The Morgan fingerprint density at radius 1 is 1.40 bits per heavy atom. The monoisotopic (exact) mass is 321 g/mol. The van der Waals surface area contributed by atoms with Gasteiger partial charge in [0, 0.05) is 16.7 Å². The Morgan fingerprint density at radius 2 is 2.00 bits per heavy atom. The second kappa shape index (κ2) is 5.44. The third-order valence-corrected chi connectivity index (χ3v) is 2.88. The molecular weight excluding hydrogens is 308 g/mol. The molecule has 4 heteroatoms. The Kier molecular flexibility index (Phi) is 4.50. The summed E-state index contributed by atoms with van der Waals surface area (Å²) in [6.45, 7) is 4.96. The van der Waals surface area contributed by atoms with E-state index in [1.54, 1.807) is 11.0 Å². The number of hydrogen-bond donors (Lipinski definition) is 0. The van der Waals surface area contributed by atoms with Crippen LogP contribution in [0, 0.1) is 9.39 Å². The molecule has 0 atom stereocenters. The third kappa shape index (κ3) is 2.90. The third-order valence-electron chi connectivity index (χ3n) is 2.21. The van der Waals surface area contributed by atoms with Gasteiger partial charge in [0.2, 0.25) is 0 Å². The van der Waals surface area contributed by atoms with Crippen LogP contribution in [0.2, 0.25) is 0 Å². The van der Waals surface area contributed by atoms with Gasteiger partial charge < -0.3 is 4.90 Å². The van der Waals surface area contributed by atoms with Gasteiger partial charge in [-0.15, -0.1) is 0 Å². The molecule has 0 bridgehead atoms. The van der Waals surface area contributed by atoms with Crippen LogP contribution >= 0.6 is 22.6 Å². The first-order chi connectivity index (χ1) is 7.10. The molecule has 0 aromatic heterocycles. The second-order valence-electron chi connectivity index (χ2n) is 3.10. The predicted octanol–water partition coefficient (Wildman–Crippen LogP) is 2.91. The predicted molar refractivity (Wildman–Crippen MR) is 66.4 cm³/mol. The van der Waals surface area contributed by atoms with Gasteiger partial charge in [0.15, 0.2) is 0 Å². The number of carbonyl (C=O) groups excluding carboxylic acids is 1. The van der Waals surface area contributed by atoms with Gasteiger partial charge in [-0.05, 0) is 54.6 Å². The number of hydrogen-bond acceptors (Lipinski definition) is 1.